The van der Waals surface area contributed by atoms with Crippen molar-refractivity contribution in [1.82, 2.24) is 4.90 Å². The number of nitrogens with zero attached hydrogens (tertiary/aromatic N) is 1. The first-order valence-corrected chi connectivity index (χ1v) is 7.99. The fraction of sp³-hybridized carbons (Fsp3) is 0.882. The number of aliphatic hydroxyl groups is 1. The van der Waals surface area contributed by atoms with Crippen LogP contribution in [-0.2, 0) is 0 Å². The lowest BCUT2D eigenvalue weighted by Gasteiger charge is -2.23. The van der Waals surface area contributed by atoms with Crippen molar-refractivity contribution in [2.24, 2.45) is 0 Å². The topological polar surface area (TPSA) is 23.5 Å². The molecule has 0 saturated heterocycles. The van der Waals surface area contributed by atoms with Gasteiger partial charge in [0.1, 0.15) is 5.60 Å². The Hall–Kier alpha value is -0.520. The second kappa shape index (κ2) is 9.39. The highest BCUT2D eigenvalue weighted by Gasteiger charge is 2.23. The average Bonchev–Trinajstić information content (AvgIpc) is 2.33. The second-order valence-electron chi connectivity index (χ2n) is 6.25. The predicted molar refractivity (Wildman–Crippen MR) is 82.1 cm³/mol. The molecule has 0 unspecified atom stereocenters. The summed E-state index contributed by atoms with van der Waals surface area (Å²) in [5.41, 5.74) is -0.727. The van der Waals surface area contributed by atoms with Gasteiger partial charge in [-0.15, -0.1) is 0 Å². The second-order valence-corrected chi connectivity index (χ2v) is 6.25. The first-order valence-electron chi connectivity index (χ1n) is 7.99. The molecule has 0 atom stereocenters. The molecule has 0 radical (unpaired) electrons. The van der Waals surface area contributed by atoms with Gasteiger partial charge < -0.3 is 5.11 Å². The van der Waals surface area contributed by atoms with E-state index in [2.05, 4.69) is 11.8 Å². The molecule has 19 heavy (non-hydrogen) atoms. The van der Waals surface area contributed by atoms with E-state index in [1.54, 1.807) is 0 Å². The molecule has 1 aliphatic carbocycles. The number of rotatable bonds is 1. The summed E-state index contributed by atoms with van der Waals surface area (Å²) in [7, 11) is 4.03. The zero-order valence-electron chi connectivity index (χ0n) is 12.9. The highest BCUT2D eigenvalue weighted by atomic mass is 16.3. The summed E-state index contributed by atoms with van der Waals surface area (Å²) < 4.78 is 0. The largest absolute Gasteiger partial charge is 0.378 e. The van der Waals surface area contributed by atoms with Crippen LogP contribution < -0.4 is 0 Å². The van der Waals surface area contributed by atoms with Gasteiger partial charge in [0.2, 0.25) is 0 Å². The lowest BCUT2D eigenvalue weighted by atomic mass is 9.89. The Morgan fingerprint density at radius 1 is 0.842 bits per heavy atom. The SMILES string of the molecule is CN(C)CC#CC1(O)CCCCCCCCCCC1. The van der Waals surface area contributed by atoms with Gasteiger partial charge in [-0.2, -0.15) is 0 Å². The fourth-order valence-electron chi connectivity index (χ4n) is 2.68. The highest BCUT2D eigenvalue weighted by molar-refractivity contribution is 5.14. The van der Waals surface area contributed by atoms with E-state index in [1.807, 2.05) is 19.0 Å². The maximum absolute atomic E-state index is 10.7. The van der Waals surface area contributed by atoms with E-state index in [9.17, 15) is 5.11 Å². The molecule has 2 nitrogen and oxygen atoms in total. The van der Waals surface area contributed by atoms with Gasteiger partial charge in [-0.05, 0) is 39.8 Å². The third kappa shape index (κ3) is 8.29. The maximum Gasteiger partial charge on any atom is 0.125 e. The third-order valence-corrected chi connectivity index (χ3v) is 3.90. The first kappa shape index (κ1) is 16.5. The van der Waals surface area contributed by atoms with Crippen LogP contribution in [0.25, 0.3) is 0 Å². The molecule has 0 aromatic rings. The van der Waals surface area contributed by atoms with Gasteiger partial charge in [-0.3, -0.25) is 4.90 Å². The smallest absolute Gasteiger partial charge is 0.125 e. The lowest BCUT2D eigenvalue weighted by Crippen LogP contribution is -2.27. The number of hydrogen-bond acceptors (Lipinski definition) is 2. The molecule has 0 aliphatic heterocycles. The zero-order chi connectivity index (χ0) is 14.0. The molecule has 0 bridgehead atoms. The first-order chi connectivity index (χ1) is 9.12. The molecule has 0 aromatic heterocycles. The predicted octanol–water partition coefficient (Wildman–Crippen LogP) is 3.59. The molecule has 1 rings (SSSR count). The van der Waals surface area contributed by atoms with E-state index >= 15 is 0 Å². The molecule has 0 heterocycles. The molecule has 1 fully saturated rings. The van der Waals surface area contributed by atoms with Crippen LogP contribution in [0.15, 0.2) is 0 Å². The van der Waals surface area contributed by atoms with Crippen molar-refractivity contribution >= 4 is 0 Å². The van der Waals surface area contributed by atoms with E-state index in [1.165, 1.54) is 44.9 Å². The molecule has 0 spiro atoms. The van der Waals surface area contributed by atoms with Crippen molar-refractivity contribution in [2.75, 3.05) is 20.6 Å². The minimum absolute atomic E-state index is 0.727. The zero-order valence-corrected chi connectivity index (χ0v) is 12.9. The number of hydrogen-bond donors (Lipinski definition) is 1. The van der Waals surface area contributed by atoms with Crippen molar-refractivity contribution in [3.63, 3.8) is 0 Å². The van der Waals surface area contributed by atoms with Crippen LogP contribution >= 0.6 is 0 Å². The van der Waals surface area contributed by atoms with Crippen LogP contribution in [0, 0.1) is 11.8 Å². The molecular formula is C17H31NO. The molecule has 0 aromatic carbocycles. The van der Waals surface area contributed by atoms with Crippen molar-refractivity contribution in [3.05, 3.63) is 0 Å². The Kier molecular flexibility index (Phi) is 8.18. The summed E-state index contributed by atoms with van der Waals surface area (Å²) in [6.07, 6.45) is 13.2. The summed E-state index contributed by atoms with van der Waals surface area (Å²) in [5.74, 6) is 6.28. The normalized spacial score (nSPS) is 21.9. The van der Waals surface area contributed by atoms with E-state index in [0.29, 0.717) is 0 Å². The quantitative estimate of drug-likeness (QED) is 0.732. The summed E-state index contributed by atoms with van der Waals surface area (Å²) in [6, 6.07) is 0. The van der Waals surface area contributed by atoms with E-state index in [-0.39, 0.29) is 0 Å². The fourth-order valence-corrected chi connectivity index (χ4v) is 2.68. The van der Waals surface area contributed by atoms with Gasteiger partial charge >= 0.3 is 0 Å². The van der Waals surface area contributed by atoms with Crippen molar-refractivity contribution in [1.29, 1.82) is 0 Å². The standard InChI is InChI=1S/C17H31NO/c1-18(2)16-12-15-17(19)13-10-8-6-4-3-5-7-9-11-14-17/h19H,3-11,13-14,16H2,1-2H3. The summed E-state index contributed by atoms with van der Waals surface area (Å²) in [5, 5.41) is 10.7. The van der Waals surface area contributed by atoms with Crippen LogP contribution in [0.2, 0.25) is 0 Å². The Morgan fingerprint density at radius 3 is 1.68 bits per heavy atom. The Balaban J connectivity index is 2.50. The minimum atomic E-state index is -0.727. The molecule has 1 N–H and O–H groups in total. The third-order valence-electron chi connectivity index (χ3n) is 3.90. The molecule has 1 saturated carbocycles. The molecular weight excluding hydrogens is 234 g/mol. The Morgan fingerprint density at radius 2 is 1.26 bits per heavy atom. The minimum Gasteiger partial charge on any atom is -0.378 e. The van der Waals surface area contributed by atoms with Crippen LogP contribution in [0.1, 0.15) is 70.6 Å². The Labute approximate surface area is 119 Å². The van der Waals surface area contributed by atoms with Crippen LogP contribution in [0.4, 0.5) is 0 Å². The summed E-state index contributed by atoms with van der Waals surface area (Å²) >= 11 is 0. The van der Waals surface area contributed by atoms with Gasteiger partial charge in [-0.25, -0.2) is 0 Å². The van der Waals surface area contributed by atoms with Gasteiger partial charge in [-0.1, -0.05) is 56.8 Å². The van der Waals surface area contributed by atoms with Crippen molar-refractivity contribution in [3.8, 4) is 11.8 Å². The van der Waals surface area contributed by atoms with Gasteiger partial charge in [0.15, 0.2) is 0 Å². The van der Waals surface area contributed by atoms with E-state index in [0.717, 1.165) is 32.2 Å². The maximum atomic E-state index is 10.7. The monoisotopic (exact) mass is 265 g/mol. The van der Waals surface area contributed by atoms with Crippen LogP contribution in [0.5, 0.6) is 0 Å². The van der Waals surface area contributed by atoms with Crippen LogP contribution in [0.3, 0.4) is 0 Å². The van der Waals surface area contributed by atoms with E-state index in [4.69, 9.17) is 0 Å². The molecule has 110 valence electrons. The van der Waals surface area contributed by atoms with Gasteiger partial charge in [0.25, 0.3) is 0 Å². The van der Waals surface area contributed by atoms with Crippen LogP contribution in [-0.4, -0.2) is 36.2 Å². The molecule has 1 aliphatic rings. The average molecular weight is 265 g/mol. The molecule has 2 heteroatoms. The summed E-state index contributed by atoms with van der Waals surface area (Å²) in [6.45, 7) is 0.738. The van der Waals surface area contributed by atoms with Crippen molar-refractivity contribution in [2.45, 2.75) is 76.2 Å². The van der Waals surface area contributed by atoms with E-state index < -0.39 is 5.60 Å². The molecule has 0 amide bonds. The van der Waals surface area contributed by atoms with Crippen molar-refractivity contribution < 1.29 is 5.11 Å². The lowest BCUT2D eigenvalue weighted by molar-refractivity contribution is 0.0757. The highest BCUT2D eigenvalue weighted by Crippen LogP contribution is 2.24. The van der Waals surface area contributed by atoms with Gasteiger partial charge in [0, 0.05) is 0 Å². The van der Waals surface area contributed by atoms with Gasteiger partial charge in [0.05, 0.1) is 6.54 Å². The Bertz CT molecular complexity index is 275. The summed E-state index contributed by atoms with van der Waals surface area (Å²) in [4.78, 5) is 2.05.